The fourth-order valence-corrected chi connectivity index (χ4v) is 2.14. The van der Waals surface area contributed by atoms with Gasteiger partial charge in [0.1, 0.15) is 12.2 Å². The molecule has 0 spiro atoms. The minimum Gasteiger partial charge on any atom is -0.479 e. The van der Waals surface area contributed by atoms with Crippen molar-refractivity contribution in [1.29, 1.82) is 0 Å². The molecule has 2 heterocycles. The van der Waals surface area contributed by atoms with Crippen LogP contribution in [0.2, 0.25) is 0 Å². The highest BCUT2D eigenvalue weighted by Crippen LogP contribution is 2.18. The van der Waals surface area contributed by atoms with Crippen LogP contribution in [0.4, 0.5) is 4.79 Å². The standard InChI is InChI=1S/C10H11N5O3S/c16-9(17)8(6-2-1-3-19-6)14-10(18)11-4-7-12-5-13-15-7/h1-3,5,8H,4H2,(H,16,17)(H2,11,14,18)(H,12,13,15). The Morgan fingerprint density at radius 3 is 2.95 bits per heavy atom. The van der Waals surface area contributed by atoms with Gasteiger partial charge in [0.15, 0.2) is 6.04 Å². The number of aliphatic carboxylic acids is 1. The maximum absolute atomic E-state index is 11.6. The van der Waals surface area contributed by atoms with Gasteiger partial charge in [0.2, 0.25) is 0 Å². The molecule has 9 heteroatoms. The van der Waals surface area contributed by atoms with Crippen LogP contribution < -0.4 is 10.6 Å². The van der Waals surface area contributed by atoms with E-state index in [9.17, 15) is 9.59 Å². The van der Waals surface area contributed by atoms with Gasteiger partial charge in [0.05, 0.1) is 6.54 Å². The minimum absolute atomic E-state index is 0.141. The second kappa shape index (κ2) is 5.96. The molecule has 19 heavy (non-hydrogen) atoms. The van der Waals surface area contributed by atoms with E-state index in [2.05, 4.69) is 25.8 Å². The Bertz CT molecular complexity index is 540. The lowest BCUT2D eigenvalue weighted by Crippen LogP contribution is -2.40. The van der Waals surface area contributed by atoms with Gasteiger partial charge in [-0.3, -0.25) is 5.10 Å². The van der Waals surface area contributed by atoms with E-state index in [1.54, 1.807) is 17.5 Å². The van der Waals surface area contributed by atoms with E-state index in [0.29, 0.717) is 10.7 Å². The van der Waals surface area contributed by atoms with Crippen molar-refractivity contribution < 1.29 is 14.7 Å². The van der Waals surface area contributed by atoms with Gasteiger partial charge in [-0.15, -0.1) is 11.3 Å². The number of nitrogens with zero attached hydrogens (tertiary/aromatic N) is 2. The Morgan fingerprint density at radius 1 is 1.53 bits per heavy atom. The van der Waals surface area contributed by atoms with Gasteiger partial charge in [-0.05, 0) is 11.4 Å². The molecule has 2 aromatic rings. The molecule has 2 aromatic heterocycles. The Hall–Kier alpha value is -2.42. The van der Waals surface area contributed by atoms with Crippen LogP contribution in [0, 0.1) is 0 Å². The summed E-state index contributed by atoms with van der Waals surface area (Å²) in [5, 5.41) is 21.9. The number of aromatic amines is 1. The second-order valence-electron chi connectivity index (χ2n) is 3.55. The van der Waals surface area contributed by atoms with Crippen molar-refractivity contribution in [2.24, 2.45) is 0 Å². The number of carboxylic acid groups (broad SMARTS) is 1. The average molecular weight is 281 g/mol. The molecule has 0 saturated carbocycles. The van der Waals surface area contributed by atoms with Gasteiger partial charge in [-0.25, -0.2) is 14.6 Å². The summed E-state index contributed by atoms with van der Waals surface area (Å²) in [5.41, 5.74) is 0. The predicted octanol–water partition coefficient (Wildman–Crippen LogP) is 0.491. The number of urea groups is 1. The number of thiophene rings is 1. The Morgan fingerprint density at radius 2 is 2.37 bits per heavy atom. The summed E-state index contributed by atoms with van der Waals surface area (Å²) < 4.78 is 0. The molecule has 100 valence electrons. The maximum Gasteiger partial charge on any atom is 0.331 e. The first-order chi connectivity index (χ1) is 9.16. The second-order valence-corrected chi connectivity index (χ2v) is 4.53. The number of hydrogen-bond donors (Lipinski definition) is 4. The summed E-state index contributed by atoms with van der Waals surface area (Å²) in [5.74, 6) is -0.629. The molecule has 2 amide bonds. The Labute approximate surface area is 111 Å². The first kappa shape index (κ1) is 13.0. The first-order valence-corrected chi connectivity index (χ1v) is 6.19. The van der Waals surface area contributed by atoms with E-state index in [0.717, 1.165) is 0 Å². The molecule has 0 aliphatic rings. The fraction of sp³-hybridized carbons (Fsp3) is 0.200. The highest BCUT2D eigenvalue weighted by molar-refractivity contribution is 7.10. The minimum atomic E-state index is -1.11. The number of rotatable bonds is 5. The molecular formula is C10H11N5O3S. The van der Waals surface area contributed by atoms with E-state index in [4.69, 9.17) is 5.11 Å². The summed E-state index contributed by atoms with van der Waals surface area (Å²) in [7, 11) is 0. The van der Waals surface area contributed by atoms with E-state index in [-0.39, 0.29) is 6.54 Å². The van der Waals surface area contributed by atoms with Crippen LogP contribution in [-0.2, 0) is 11.3 Å². The van der Waals surface area contributed by atoms with Gasteiger partial charge in [0.25, 0.3) is 0 Å². The molecular weight excluding hydrogens is 270 g/mol. The zero-order chi connectivity index (χ0) is 13.7. The van der Waals surface area contributed by atoms with Crippen molar-refractivity contribution in [3.63, 3.8) is 0 Å². The largest absolute Gasteiger partial charge is 0.479 e. The number of aromatic nitrogens is 3. The van der Waals surface area contributed by atoms with Crippen LogP contribution in [-0.4, -0.2) is 32.3 Å². The van der Waals surface area contributed by atoms with Crippen LogP contribution >= 0.6 is 11.3 Å². The lowest BCUT2D eigenvalue weighted by molar-refractivity contribution is -0.139. The van der Waals surface area contributed by atoms with Crippen LogP contribution in [0.15, 0.2) is 23.8 Å². The number of hydrogen-bond acceptors (Lipinski definition) is 5. The topological polar surface area (TPSA) is 120 Å². The Balaban J connectivity index is 1.90. The van der Waals surface area contributed by atoms with Gasteiger partial charge in [-0.1, -0.05) is 6.07 Å². The highest BCUT2D eigenvalue weighted by Gasteiger charge is 2.22. The average Bonchev–Trinajstić information content (AvgIpc) is 3.05. The summed E-state index contributed by atoms with van der Waals surface area (Å²) in [6.45, 7) is 0.141. The summed E-state index contributed by atoms with van der Waals surface area (Å²) in [6, 6.07) is 1.73. The van der Waals surface area contributed by atoms with Crippen molar-refractivity contribution in [3.8, 4) is 0 Å². The zero-order valence-electron chi connectivity index (χ0n) is 9.66. The predicted molar refractivity (Wildman–Crippen MR) is 66.4 cm³/mol. The maximum atomic E-state index is 11.6. The van der Waals surface area contributed by atoms with Crippen molar-refractivity contribution in [2.45, 2.75) is 12.6 Å². The van der Waals surface area contributed by atoms with Gasteiger partial charge < -0.3 is 15.7 Å². The number of carbonyl (C=O) groups excluding carboxylic acids is 1. The van der Waals surface area contributed by atoms with Crippen LogP contribution in [0.25, 0.3) is 0 Å². The number of amides is 2. The first-order valence-electron chi connectivity index (χ1n) is 5.31. The SMILES string of the molecule is O=C(NCc1ncn[nH]1)NC(C(=O)O)c1cccs1. The van der Waals surface area contributed by atoms with E-state index < -0.39 is 18.0 Å². The highest BCUT2D eigenvalue weighted by atomic mass is 32.1. The molecule has 0 fully saturated rings. The van der Waals surface area contributed by atoms with Gasteiger partial charge in [-0.2, -0.15) is 5.10 Å². The summed E-state index contributed by atoms with van der Waals surface area (Å²) >= 11 is 1.27. The molecule has 8 nitrogen and oxygen atoms in total. The molecule has 0 radical (unpaired) electrons. The number of carbonyl (C=O) groups is 2. The number of carboxylic acids is 1. The van der Waals surface area contributed by atoms with Crippen molar-refractivity contribution >= 4 is 23.3 Å². The van der Waals surface area contributed by atoms with Crippen LogP contribution in [0.5, 0.6) is 0 Å². The van der Waals surface area contributed by atoms with Crippen molar-refractivity contribution in [1.82, 2.24) is 25.8 Å². The molecule has 1 atom stereocenters. The fourth-order valence-electron chi connectivity index (χ4n) is 1.37. The summed E-state index contributed by atoms with van der Waals surface area (Å²) in [6.07, 6.45) is 1.32. The molecule has 2 rings (SSSR count). The van der Waals surface area contributed by atoms with E-state index >= 15 is 0 Å². The molecule has 0 bridgehead atoms. The summed E-state index contributed by atoms with van der Waals surface area (Å²) in [4.78, 5) is 27.1. The molecule has 1 unspecified atom stereocenters. The van der Waals surface area contributed by atoms with Crippen molar-refractivity contribution in [2.75, 3.05) is 0 Å². The normalized spacial score (nSPS) is 11.8. The quantitative estimate of drug-likeness (QED) is 0.635. The molecule has 0 saturated heterocycles. The Kier molecular flexibility index (Phi) is 4.08. The van der Waals surface area contributed by atoms with E-state index in [1.807, 2.05) is 0 Å². The van der Waals surface area contributed by atoms with Gasteiger partial charge >= 0.3 is 12.0 Å². The van der Waals surface area contributed by atoms with Gasteiger partial charge in [0, 0.05) is 4.88 Å². The lowest BCUT2D eigenvalue weighted by Gasteiger charge is -2.13. The molecule has 0 aliphatic carbocycles. The monoisotopic (exact) mass is 281 g/mol. The third-order valence-electron chi connectivity index (χ3n) is 2.23. The van der Waals surface area contributed by atoms with Crippen LogP contribution in [0.3, 0.4) is 0 Å². The molecule has 0 aliphatic heterocycles. The third kappa shape index (κ3) is 3.52. The third-order valence-corrected chi connectivity index (χ3v) is 3.17. The smallest absolute Gasteiger partial charge is 0.331 e. The number of H-pyrrole nitrogens is 1. The van der Waals surface area contributed by atoms with Crippen LogP contribution in [0.1, 0.15) is 16.7 Å². The van der Waals surface area contributed by atoms with E-state index in [1.165, 1.54) is 17.7 Å². The van der Waals surface area contributed by atoms with Crippen molar-refractivity contribution in [3.05, 3.63) is 34.5 Å². The zero-order valence-corrected chi connectivity index (χ0v) is 10.5. The molecule has 0 aromatic carbocycles. The molecule has 4 N–H and O–H groups in total. The number of nitrogens with one attached hydrogen (secondary N) is 3. The lowest BCUT2D eigenvalue weighted by atomic mass is 10.2.